The van der Waals surface area contributed by atoms with Crippen molar-refractivity contribution in [2.24, 2.45) is 10.2 Å². The average Bonchev–Trinajstić information content (AvgIpc) is 3.12. The normalized spacial score (nSPS) is 11.8. The first-order valence-electron chi connectivity index (χ1n) is 11.0. The molecule has 0 radical (unpaired) electrons. The molecule has 3 N–H and O–H groups in total. The van der Waals surface area contributed by atoms with Gasteiger partial charge in [-0.2, -0.15) is 0 Å². The van der Waals surface area contributed by atoms with Crippen LogP contribution in [-0.2, 0) is 5.41 Å². The molecule has 10 heteroatoms. The number of phenols is 1. The van der Waals surface area contributed by atoms with Crippen LogP contribution in [-0.4, -0.2) is 30.9 Å². The Morgan fingerprint density at radius 3 is 2.42 bits per heavy atom. The summed E-state index contributed by atoms with van der Waals surface area (Å²) >= 11 is 6.22. The molecule has 4 rings (SSSR count). The summed E-state index contributed by atoms with van der Waals surface area (Å²) in [6.45, 7) is 8.03. The molecule has 0 bridgehead atoms. The number of azo groups is 1. The standard InChI is InChI=1S/C26H24ClN5O4/c1-14-22(24(34)32(31-14)17-10-8-15(9-11-17)26(2,3)4)30-29-21-13-16(27)12-18(23(21)33)19-6-5-7-20(28-19)25(35)36/h5-13,31,33H,1-4H3,(H,35,36). The Morgan fingerprint density at radius 2 is 1.78 bits per heavy atom. The fraction of sp³-hybridized carbons (Fsp3) is 0.192. The van der Waals surface area contributed by atoms with Gasteiger partial charge in [0.25, 0.3) is 5.56 Å². The molecular formula is C26H24ClN5O4. The Kier molecular flexibility index (Phi) is 6.51. The van der Waals surface area contributed by atoms with E-state index in [0.717, 1.165) is 5.56 Å². The summed E-state index contributed by atoms with van der Waals surface area (Å²) in [6, 6.07) is 14.9. The highest BCUT2D eigenvalue weighted by atomic mass is 35.5. The van der Waals surface area contributed by atoms with Gasteiger partial charge in [0, 0.05) is 10.6 Å². The van der Waals surface area contributed by atoms with E-state index in [-0.39, 0.29) is 44.5 Å². The van der Waals surface area contributed by atoms with E-state index in [2.05, 4.69) is 41.1 Å². The molecule has 0 fully saturated rings. The Bertz CT molecular complexity index is 1550. The van der Waals surface area contributed by atoms with Gasteiger partial charge in [0.15, 0.2) is 11.4 Å². The third kappa shape index (κ3) is 4.92. The van der Waals surface area contributed by atoms with E-state index in [4.69, 9.17) is 11.6 Å². The third-order valence-electron chi connectivity index (χ3n) is 5.59. The largest absolute Gasteiger partial charge is 0.505 e. The summed E-state index contributed by atoms with van der Waals surface area (Å²) in [5, 5.41) is 31.4. The van der Waals surface area contributed by atoms with E-state index < -0.39 is 11.5 Å². The third-order valence-corrected chi connectivity index (χ3v) is 5.81. The van der Waals surface area contributed by atoms with Crippen molar-refractivity contribution in [1.29, 1.82) is 0 Å². The number of phenolic OH excluding ortho intramolecular Hbond substituents is 1. The van der Waals surface area contributed by atoms with E-state index in [1.807, 2.05) is 24.3 Å². The van der Waals surface area contributed by atoms with Crippen molar-refractivity contribution in [2.75, 3.05) is 0 Å². The summed E-state index contributed by atoms with van der Waals surface area (Å²) in [4.78, 5) is 28.4. The Balaban J connectivity index is 1.71. The number of benzene rings is 2. The lowest BCUT2D eigenvalue weighted by Crippen LogP contribution is -2.15. The second-order valence-corrected chi connectivity index (χ2v) is 9.69. The number of nitrogens with one attached hydrogen (secondary N) is 1. The fourth-order valence-electron chi connectivity index (χ4n) is 3.61. The topological polar surface area (TPSA) is 133 Å². The number of H-pyrrole nitrogens is 1. The molecule has 184 valence electrons. The second kappa shape index (κ2) is 9.43. The number of aryl methyl sites for hydroxylation is 1. The lowest BCUT2D eigenvalue weighted by atomic mass is 9.87. The van der Waals surface area contributed by atoms with Crippen molar-refractivity contribution < 1.29 is 15.0 Å². The summed E-state index contributed by atoms with van der Waals surface area (Å²) in [5.41, 5.74) is 2.12. The highest BCUT2D eigenvalue weighted by Crippen LogP contribution is 2.40. The first-order chi connectivity index (χ1) is 17.0. The molecule has 0 unspecified atom stereocenters. The van der Waals surface area contributed by atoms with E-state index in [0.29, 0.717) is 11.4 Å². The number of carboxylic acids is 1. The van der Waals surface area contributed by atoms with Gasteiger partial charge in [-0.3, -0.25) is 9.89 Å². The van der Waals surface area contributed by atoms with Gasteiger partial charge >= 0.3 is 5.97 Å². The summed E-state index contributed by atoms with van der Waals surface area (Å²) < 4.78 is 1.38. The van der Waals surface area contributed by atoms with E-state index in [1.165, 1.54) is 28.9 Å². The van der Waals surface area contributed by atoms with Crippen LogP contribution < -0.4 is 5.56 Å². The monoisotopic (exact) mass is 505 g/mol. The number of hydrogen-bond acceptors (Lipinski definition) is 6. The number of halogens is 1. The van der Waals surface area contributed by atoms with Crippen LogP contribution in [0.25, 0.3) is 16.9 Å². The Hall–Kier alpha value is -4.24. The van der Waals surface area contributed by atoms with Gasteiger partial charge in [-0.1, -0.05) is 50.6 Å². The maximum Gasteiger partial charge on any atom is 0.354 e. The highest BCUT2D eigenvalue weighted by Gasteiger charge is 2.17. The molecule has 2 aromatic heterocycles. The summed E-state index contributed by atoms with van der Waals surface area (Å²) in [5.74, 6) is -1.50. The van der Waals surface area contributed by atoms with Crippen molar-refractivity contribution >= 4 is 28.9 Å². The summed E-state index contributed by atoms with van der Waals surface area (Å²) in [6.07, 6.45) is 0. The molecule has 0 saturated heterocycles. The number of nitrogens with zero attached hydrogens (tertiary/aromatic N) is 4. The molecule has 0 atom stereocenters. The minimum absolute atomic E-state index is 0.00103. The van der Waals surface area contributed by atoms with Gasteiger partial charge in [-0.25, -0.2) is 14.5 Å². The molecule has 0 spiro atoms. The summed E-state index contributed by atoms with van der Waals surface area (Å²) in [7, 11) is 0. The van der Waals surface area contributed by atoms with Gasteiger partial charge in [0.05, 0.1) is 17.1 Å². The van der Waals surface area contributed by atoms with Crippen LogP contribution >= 0.6 is 11.6 Å². The lowest BCUT2D eigenvalue weighted by molar-refractivity contribution is 0.0690. The SMILES string of the molecule is Cc1[nH]n(-c2ccc(C(C)(C)C)cc2)c(=O)c1N=Nc1cc(Cl)cc(-c2cccc(C(=O)O)n2)c1O. The number of carboxylic acid groups (broad SMARTS) is 1. The number of aromatic nitrogens is 3. The van der Waals surface area contributed by atoms with Crippen LogP contribution in [0.5, 0.6) is 5.75 Å². The van der Waals surface area contributed by atoms with Gasteiger partial charge in [0.2, 0.25) is 0 Å². The quantitative estimate of drug-likeness (QED) is 0.273. The predicted molar refractivity (Wildman–Crippen MR) is 137 cm³/mol. The molecule has 0 aliphatic carbocycles. The average molecular weight is 506 g/mol. The molecule has 2 heterocycles. The van der Waals surface area contributed by atoms with E-state index in [1.54, 1.807) is 13.0 Å². The first-order valence-corrected chi connectivity index (χ1v) is 11.4. The van der Waals surface area contributed by atoms with Crippen LogP contribution in [0.3, 0.4) is 0 Å². The second-order valence-electron chi connectivity index (χ2n) is 9.26. The maximum absolute atomic E-state index is 13.1. The van der Waals surface area contributed by atoms with Gasteiger partial charge in [-0.15, -0.1) is 10.2 Å². The number of aromatic hydroxyl groups is 1. The zero-order chi connectivity index (χ0) is 26.2. The molecule has 0 aliphatic heterocycles. The number of hydrogen-bond donors (Lipinski definition) is 3. The molecule has 2 aromatic carbocycles. The fourth-order valence-corrected chi connectivity index (χ4v) is 3.82. The number of aromatic carboxylic acids is 1. The number of carbonyl (C=O) groups is 1. The molecule has 0 saturated carbocycles. The molecule has 0 aliphatic rings. The van der Waals surface area contributed by atoms with E-state index in [9.17, 15) is 19.8 Å². The lowest BCUT2D eigenvalue weighted by Gasteiger charge is -2.19. The van der Waals surface area contributed by atoms with Crippen molar-refractivity contribution in [3.63, 3.8) is 0 Å². The van der Waals surface area contributed by atoms with E-state index >= 15 is 0 Å². The Morgan fingerprint density at radius 1 is 1.08 bits per heavy atom. The smallest absolute Gasteiger partial charge is 0.354 e. The van der Waals surface area contributed by atoms with Crippen LogP contribution in [0.2, 0.25) is 5.02 Å². The molecular weight excluding hydrogens is 482 g/mol. The molecule has 9 nitrogen and oxygen atoms in total. The Labute approximate surface area is 211 Å². The van der Waals surface area contributed by atoms with Crippen LogP contribution in [0.15, 0.2) is 69.6 Å². The number of aromatic amines is 1. The van der Waals surface area contributed by atoms with Gasteiger partial charge in [-0.05, 0) is 54.3 Å². The predicted octanol–water partition coefficient (Wildman–Crippen LogP) is 6.31. The molecule has 0 amide bonds. The number of rotatable bonds is 5. The molecule has 4 aromatic rings. The van der Waals surface area contributed by atoms with Crippen molar-refractivity contribution in [3.05, 3.63) is 86.9 Å². The van der Waals surface area contributed by atoms with Crippen molar-refractivity contribution in [3.8, 4) is 22.7 Å². The maximum atomic E-state index is 13.1. The van der Waals surface area contributed by atoms with Crippen molar-refractivity contribution in [2.45, 2.75) is 33.1 Å². The van der Waals surface area contributed by atoms with Crippen LogP contribution in [0, 0.1) is 6.92 Å². The number of pyridine rings is 1. The van der Waals surface area contributed by atoms with Gasteiger partial charge in [0.1, 0.15) is 11.4 Å². The van der Waals surface area contributed by atoms with Gasteiger partial charge < -0.3 is 10.2 Å². The highest BCUT2D eigenvalue weighted by molar-refractivity contribution is 6.31. The van der Waals surface area contributed by atoms with Crippen LogP contribution in [0.1, 0.15) is 42.5 Å². The minimum Gasteiger partial charge on any atom is -0.505 e. The zero-order valence-corrected chi connectivity index (χ0v) is 20.8. The zero-order valence-electron chi connectivity index (χ0n) is 20.1. The minimum atomic E-state index is -1.20. The van der Waals surface area contributed by atoms with Crippen molar-refractivity contribution in [1.82, 2.24) is 14.8 Å². The van der Waals surface area contributed by atoms with Crippen LogP contribution in [0.4, 0.5) is 11.4 Å². The first kappa shape index (κ1) is 24.9. The molecule has 36 heavy (non-hydrogen) atoms.